The van der Waals surface area contributed by atoms with E-state index in [1.807, 2.05) is 10.9 Å². The van der Waals surface area contributed by atoms with Gasteiger partial charge in [0.1, 0.15) is 0 Å². The van der Waals surface area contributed by atoms with Crippen LogP contribution in [0.2, 0.25) is 0 Å². The monoisotopic (exact) mass is 287 g/mol. The second-order valence-corrected chi connectivity index (χ2v) is 4.06. The molecule has 0 aliphatic heterocycles. The van der Waals surface area contributed by atoms with Gasteiger partial charge in [0.2, 0.25) is 0 Å². The number of aromatic nitrogens is 2. The Balaban J connectivity index is 0.00000180. The third-order valence-corrected chi connectivity index (χ3v) is 2.60. The van der Waals surface area contributed by atoms with E-state index in [-0.39, 0.29) is 19.0 Å². The van der Waals surface area contributed by atoms with E-state index in [0.29, 0.717) is 5.56 Å². The molecule has 0 fully saturated rings. The zero-order valence-electron chi connectivity index (χ0n) is 10.6. The lowest BCUT2D eigenvalue weighted by Gasteiger charge is -2.05. The first-order valence-electron chi connectivity index (χ1n) is 5.90. The van der Waals surface area contributed by atoms with Crippen LogP contribution in [-0.2, 0) is 13.1 Å². The maximum atomic E-state index is 13.4. The molecule has 2 aromatic rings. The normalized spacial score (nSPS) is 10.1. The van der Waals surface area contributed by atoms with Crippen LogP contribution in [0.5, 0.6) is 0 Å². The van der Waals surface area contributed by atoms with E-state index in [4.69, 9.17) is 0 Å². The Morgan fingerprint density at radius 1 is 1.32 bits per heavy atom. The summed E-state index contributed by atoms with van der Waals surface area (Å²) in [7, 11) is 0. The Bertz CT molecular complexity index is 528. The first-order chi connectivity index (χ1) is 8.70. The Morgan fingerprint density at radius 2 is 2.11 bits per heavy atom. The molecule has 0 saturated carbocycles. The molecule has 0 atom stereocenters. The lowest BCUT2D eigenvalue weighted by molar-refractivity contribution is 0.500. The van der Waals surface area contributed by atoms with Crippen LogP contribution >= 0.6 is 12.4 Å². The summed E-state index contributed by atoms with van der Waals surface area (Å²) in [4.78, 5) is 0. The second kappa shape index (κ2) is 7.09. The minimum Gasteiger partial charge on any atom is -0.378 e. The van der Waals surface area contributed by atoms with Gasteiger partial charge in [-0.15, -0.1) is 12.4 Å². The summed E-state index contributed by atoms with van der Waals surface area (Å²) < 4.78 is 28.2. The van der Waals surface area contributed by atoms with Gasteiger partial charge < -0.3 is 5.32 Å². The van der Waals surface area contributed by atoms with Crippen LogP contribution in [0.25, 0.3) is 0 Å². The maximum absolute atomic E-state index is 13.4. The molecule has 2 rings (SSSR count). The van der Waals surface area contributed by atoms with Gasteiger partial charge in [0, 0.05) is 24.8 Å². The Kier molecular flexibility index (Phi) is 5.76. The fourth-order valence-electron chi connectivity index (χ4n) is 1.69. The summed E-state index contributed by atoms with van der Waals surface area (Å²) in [5, 5.41) is 7.16. The molecule has 1 aromatic carbocycles. The van der Waals surface area contributed by atoms with Crippen molar-refractivity contribution in [1.82, 2.24) is 9.78 Å². The van der Waals surface area contributed by atoms with Crippen LogP contribution in [0, 0.1) is 11.6 Å². The largest absolute Gasteiger partial charge is 0.378 e. The summed E-state index contributed by atoms with van der Waals surface area (Å²) in [5.41, 5.74) is 1.10. The lowest BCUT2D eigenvalue weighted by Crippen LogP contribution is -2.02. The van der Waals surface area contributed by atoms with Crippen molar-refractivity contribution in [3.05, 3.63) is 47.8 Å². The van der Waals surface area contributed by atoms with E-state index in [1.54, 1.807) is 12.3 Å². The van der Waals surface area contributed by atoms with Gasteiger partial charge >= 0.3 is 0 Å². The second-order valence-electron chi connectivity index (χ2n) is 4.06. The maximum Gasteiger partial charge on any atom is 0.163 e. The predicted octanol–water partition coefficient (Wildman–Crippen LogP) is 3.61. The fraction of sp³-hybridized carbons (Fsp3) is 0.308. The number of nitrogens with zero attached hydrogens (tertiary/aromatic N) is 2. The highest BCUT2D eigenvalue weighted by atomic mass is 35.5. The number of nitrogens with one attached hydrogen (secondary N) is 1. The van der Waals surface area contributed by atoms with E-state index in [9.17, 15) is 8.78 Å². The number of halogens is 3. The highest BCUT2D eigenvalue weighted by Crippen LogP contribution is 2.13. The summed E-state index contributed by atoms with van der Waals surface area (Å²) in [6.07, 6.45) is 4.52. The Labute approximate surface area is 117 Å². The van der Waals surface area contributed by atoms with Crippen molar-refractivity contribution in [2.75, 3.05) is 5.32 Å². The zero-order chi connectivity index (χ0) is 13.0. The zero-order valence-corrected chi connectivity index (χ0v) is 11.4. The summed E-state index contributed by atoms with van der Waals surface area (Å²) >= 11 is 0. The molecular weight excluding hydrogens is 272 g/mol. The van der Waals surface area contributed by atoms with Gasteiger partial charge in [0.05, 0.1) is 11.9 Å². The van der Waals surface area contributed by atoms with Crippen molar-refractivity contribution < 1.29 is 8.78 Å². The molecule has 0 bridgehead atoms. The molecule has 104 valence electrons. The van der Waals surface area contributed by atoms with E-state index >= 15 is 0 Å². The van der Waals surface area contributed by atoms with Gasteiger partial charge in [-0.3, -0.25) is 4.68 Å². The van der Waals surface area contributed by atoms with E-state index in [2.05, 4.69) is 17.3 Å². The van der Waals surface area contributed by atoms with Crippen LogP contribution in [0.3, 0.4) is 0 Å². The van der Waals surface area contributed by atoms with E-state index < -0.39 is 11.6 Å². The predicted molar refractivity (Wildman–Crippen MR) is 73.5 cm³/mol. The highest BCUT2D eigenvalue weighted by Gasteiger charge is 2.07. The average molecular weight is 288 g/mol. The van der Waals surface area contributed by atoms with Crippen molar-refractivity contribution in [3.8, 4) is 0 Å². The van der Waals surface area contributed by atoms with Crippen LogP contribution in [0.1, 0.15) is 18.9 Å². The minimum atomic E-state index is -0.823. The molecule has 1 N–H and O–H groups in total. The van der Waals surface area contributed by atoms with Gasteiger partial charge in [-0.2, -0.15) is 5.10 Å². The molecule has 0 spiro atoms. The highest BCUT2D eigenvalue weighted by molar-refractivity contribution is 5.85. The summed E-state index contributed by atoms with van der Waals surface area (Å²) in [6.45, 7) is 3.15. The number of aryl methyl sites for hydroxylation is 1. The van der Waals surface area contributed by atoms with Gasteiger partial charge in [-0.1, -0.05) is 19.1 Å². The van der Waals surface area contributed by atoms with Gasteiger partial charge in [0.15, 0.2) is 11.6 Å². The molecule has 6 heteroatoms. The number of hydrogen-bond acceptors (Lipinski definition) is 2. The lowest BCUT2D eigenvalue weighted by atomic mass is 10.2. The number of benzene rings is 1. The summed E-state index contributed by atoms with van der Waals surface area (Å²) in [6, 6.07) is 4.16. The molecule has 19 heavy (non-hydrogen) atoms. The molecule has 0 aliphatic carbocycles. The molecule has 0 unspecified atom stereocenters. The molecule has 0 radical (unpaired) electrons. The summed E-state index contributed by atoms with van der Waals surface area (Å²) in [5.74, 6) is -1.62. The standard InChI is InChI=1S/C13H15F2N3.ClH/c1-2-6-18-9-11(8-17-18)16-7-10-4-3-5-12(14)13(10)15;/h3-5,8-9,16H,2,6-7H2,1H3;1H. The van der Waals surface area contributed by atoms with E-state index in [1.165, 1.54) is 6.07 Å². The quantitative estimate of drug-likeness (QED) is 0.910. The van der Waals surface area contributed by atoms with Crippen molar-refractivity contribution in [1.29, 1.82) is 0 Å². The van der Waals surface area contributed by atoms with Crippen molar-refractivity contribution >= 4 is 18.1 Å². The van der Waals surface area contributed by atoms with Gasteiger partial charge in [-0.05, 0) is 12.5 Å². The SMILES string of the molecule is CCCn1cc(NCc2cccc(F)c2F)cn1.Cl. The molecule has 0 amide bonds. The average Bonchev–Trinajstić information content (AvgIpc) is 2.79. The molecule has 0 aliphatic rings. The van der Waals surface area contributed by atoms with Crippen molar-refractivity contribution in [2.45, 2.75) is 26.4 Å². The molecular formula is C13H16ClF2N3. The first kappa shape index (κ1) is 15.4. The molecule has 1 aromatic heterocycles. The first-order valence-corrected chi connectivity index (χ1v) is 5.90. The Hall–Kier alpha value is -1.62. The molecule has 3 nitrogen and oxygen atoms in total. The third kappa shape index (κ3) is 3.92. The smallest absolute Gasteiger partial charge is 0.163 e. The topological polar surface area (TPSA) is 29.9 Å². The van der Waals surface area contributed by atoms with E-state index in [0.717, 1.165) is 24.7 Å². The van der Waals surface area contributed by atoms with Crippen LogP contribution in [-0.4, -0.2) is 9.78 Å². The van der Waals surface area contributed by atoms with Gasteiger partial charge in [-0.25, -0.2) is 8.78 Å². The third-order valence-electron chi connectivity index (χ3n) is 2.60. The van der Waals surface area contributed by atoms with Crippen molar-refractivity contribution in [2.24, 2.45) is 0 Å². The molecule has 1 heterocycles. The number of hydrogen-bond donors (Lipinski definition) is 1. The van der Waals surface area contributed by atoms with Crippen molar-refractivity contribution in [3.63, 3.8) is 0 Å². The number of rotatable bonds is 5. The molecule has 0 saturated heterocycles. The van der Waals surface area contributed by atoms with Crippen LogP contribution < -0.4 is 5.32 Å². The minimum absolute atomic E-state index is 0. The Morgan fingerprint density at radius 3 is 2.84 bits per heavy atom. The van der Waals surface area contributed by atoms with Crippen LogP contribution in [0.15, 0.2) is 30.6 Å². The van der Waals surface area contributed by atoms with Crippen LogP contribution in [0.4, 0.5) is 14.5 Å². The van der Waals surface area contributed by atoms with Gasteiger partial charge in [0.25, 0.3) is 0 Å². The fourth-order valence-corrected chi connectivity index (χ4v) is 1.69. The number of anilines is 1.